The zero-order valence-corrected chi connectivity index (χ0v) is 17.2. The Bertz CT molecular complexity index is 1070. The van der Waals surface area contributed by atoms with Crippen molar-refractivity contribution in [2.75, 3.05) is 4.90 Å². The maximum absolute atomic E-state index is 11.0. The van der Waals surface area contributed by atoms with Crippen molar-refractivity contribution in [1.29, 1.82) is 0 Å². The normalized spacial score (nSPS) is 10.6. The van der Waals surface area contributed by atoms with Crippen LogP contribution in [-0.4, -0.2) is 11.1 Å². The lowest BCUT2D eigenvalue weighted by molar-refractivity contribution is -0.130. The number of hydrogen-bond acceptors (Lipinski definition) is 2. The molecule has 0 saturated carbocycles. The minimum absolute atomic E-state index is 0.0976. The third kappa shape index (κ3) is 5.36. The average Bonchev–Trinajstić information content (AvgIpc) is 2.77. The van der Waals surface area contributed by atoms with Gasteiger partial charge in [-0.3, -0.25) is 0 Å². The van der Waals surface area contributed by atoms with Crippen LogP contribution < -0.4 is 4.90 Å². The van der Waals surface area contributed by atoms with Gasteiger partial charge in [-0.1, -0.05) is 78.9 Å². The molecule has 1 N–H and O–H groups in total. The molecular weight excluding hydrogens is 370 g/mol. The number of anilines is 2. The average molecular weight is 396 g/mol. The maximum Gasteiger partial charge on any atom is 0.335 e. The van der Waals surface area contributed by atoms with E-state index in [1.165, 1.54) is 5.57 Å². The molecule has 3 rings (SSSR count). The van der Waals surface area contributed by atoms with Crippen LogP contribution in [0.5, 0.6) is 0 Å². The van der Waals surface area contributed by atoms with E-state index in [9.17, 15) is 4.79 Å². The predicted molar refractivity (Wildman–Crippen MR) is 126 cm³/mol. The van der Waals surface area contributed by atoms with Gasteiger partial charge in [0.25, 0.3) is 0 Å². The quantitative estimate of drug-likeness (QED) is 0.345. The molecule has 0 unspecified atom stereocenters. The number of rotatable bonds is 7. The summed E-state index contributed by atoms with van der Waals surface area (Å²) in [4.78, 5) is 13.2. The van der Waals surface area contributed by atoms with Gasteiger partial charge >= 0.3 is 5.97 Å². The van der Waals surface area contributed by atoms with E-state index in [0.29, 0.717) is 5.56 Å². The van der Waals surface area contributed by atoms with Gasteiger partial charge in [0.15, 0.2) is 0 Å². The summed E-state index contributed by atoms with van der Waals surface area (Å²) in [6.45, 7) is 7.76. The van der Waals surface area contributed by atoms with Crippen molar-refractivity contribution in [2.24, 2.45) is 0 Å². The van der Waals surface area contributed by atoms with Gasteiger partial charge in [-0.2, -0.15) is 0 Å². The number of hydrogen-bond donors (Lipinski definition) is 1. The van der Waals surface area contributed by atoms with E-state index in [2.05, 4.69) is 67.9 Å². The first-order valence-electron chi connectivity index (χ1n) is 9.74. The lowest BCUT2D eigenvalue weighted by atomic mass is 10.0. The fraction of sp³-hybridized carbons (Fsp3) is 0.0741. The van der Waals surface area contributed by atoms with Crippen molar-refractivity contribution < 1.29 is 9.90 Å². The Morgan fingerprint density at radius 3 is 1.80 bits per heavy atom. The summed E-state index contributed by atoms with van der Waals surface area (Å²) in [5.74, 6) is -1.00. The molecule has 0 heterocycles. The maximum atomic E-state index is 11.0. The molecular formula is C27H25NO2. The highest BCUT2D eigenvalue weighted by atomic mass is 16.4. The molecule has 0 aromatic heterocycles. The van der Waals surface area contributed by atoms with Gasteiger partial charge < -0.3 is 10.0 Å². The largest absolute Gasteiger partial charge is 0.478 e. The summed E-state index contributed by atoms with van der Waals surface area (Å²) in [5, 5.41) is 9.02. The summed E-state index contributed by atoms with van der Waals surface area (Å²) in [6.07, 6.45) is 6.18. The van der Waals surface area contributed by atoms with Crippen molar-refractivity contribution >= 4 is 35.1 Å². The van der Waals surface area contributed by atoms with E-state index in [4.69, 9.17) is 5.11 Å². The molecule has 0 aliphatic rings. The molecule has 3 aromatic carbocycles. The fourth-order valence-electron chi connectivity index (χ4n) is 3.00. The van der Waals surface area contributed by atoms with Crippen LogP contribution in [0.15, 0.2) is 97.2 Å². The molecule has 0 bridgehead atoms. The van der Waals surface area contributed by atoms with Crippen LogP contribution in [0.2, 0.25) is 0 Å². The summed E-state index contributed by atoms with van der Waals surface area (Å²) < 4.78 is 0. The standard InChI is InChI=1S/C27H25NO2/c1-20(2)19-28(25-7-5-4-6-8-25)26-17-13-23(14-18-26)10-9-22-11-15-24(16-12-22)21(3)27(29)30/h4-19H,3H2,1-2H3,(H,29,30). The number of para-hydroxylation sites is 1. The second-order valence-electron chi connectivity index (χ2n) is 7.24. The number of benzene rings is 3. The van der Waals surface area contributed by atoms with E-state index in [-0.39, 0.29) is 5.57 Å². The summed E-state index contributed by atoms with van der Waals surface area (Å²) in [5.41, 5.74) is 6.22. The highest BCUT2D eigenvalue weighted by Gasteiger charge is 2.07. The highest BCUT2D eigenvalue weighted by molar-refractivity contribution is 6.14. The SMILES string of the molecule is C=C(C(=O)O)c1ccc(C=Cc2ccc(N(C=C(C)C)c3ccccc3)cc2)cc1. The highest BCUT2D eigenvalue weighted by Crippen LogP contribution is 2.27. The lowest BCUT2D eigenvalue weighted by Crippen LogP contribution is -2.08. The van der Waals surface area contributed by atoms with Gasteiger partial charge in [0.05, 0.1) is 5.57 Å². The summed E-state index contributed by atoms with van der Waals surface area (Å²) in [6, 6.07) is 26.0. The van der Waals surface area contributed by atoms with Crippen LogP contribution in [0.1, 0.15) is 30.5 Å². The van der Waals surface area contributed by atoms with Gasteiger partial charge in [-0.25, -0.2) is 4.79 Å². The molecule has 0 spiro atoms. The molecule has 3 aromatic rings. The molecule has 0 aliphatic heterocycles. The van der Waals surface area contributed by atoms with Crippen LogP contribution in [-0.2, 0) is 4.79 Å². The van der Waals surface area contributed by atoms with Crippen LogP contribution in [0.4, 0.5) is 11.4 Å². The van der Waals surface area contributed by atoms with Gasteiger partial charge in [-0.15, -0.1) is 0 Å². The van der Waals surface area contributed by atoms with Crippen LogP contribution >= 0.6 is 0 Å². The van der Waals surface area contributed by atoms with Crippen molar-refractivity contribution in [3.8, 4) is 0 Å². The lowest BCUT2D eigenvalue weighted by Gasteiger charge is -2.21. The van der Waals surface area contributed by atoms with E-state index < -0.39 is 5.97 Å². The Morgan fingerprint density at radius 2 is 1.30 bits per heavy atom. The minimum atomic E-state index is -1.00. The van der Waals surface area contributed by atoms with E-state index in [1.807, 2.05) is 42.5 Å². The zero-order chi connectivity index (χ0) is 21.5. The molecule has 30 heavy (non-hydrogen) atoms. The molecule has 3 heteroatoms. The van der Waals surface area contributed by atoms with E-state index in [0.717, 1.165) is 22.5 Å². The molecule has 0 atom stereocenters. The molecule has 0 saturated heterocycles. The van der Waals surface area contributed by atoms with Gasteiger partial charge in [0.2, 0.25) is 0 Å². The van der Waals surface area contributed by atoms with Crippen molar-refractivity contribution in [3.05, 3.63) is 114 Å². The number of allylic oxidation sites excluding steroid dienone is 1. The summed E-state index contributed by atoms with van der Waals surface area (Å²) >= 11 is 0. The smallest absolute Gasteiger partial charge is 0.335 e. The van der Waals surface area contributed by atoms with Crippen molar-refractivity contribution in [2.45, 2.75) is 13.8 Å². The van der Waals surface area contributed by atoms with Crippen LogP contribution in [0, 0.1) is 0 Å². The minimum Gasteiger partial charge on any atom is -0.478 e. The first-order valence-corrected chi connectivity index (χ1v) is 9.74. The second kappa shape index (κ2) is 9.57. The van der Waals surface area contributed by atoms with Crippen molar-refractivity contribution in [1.82, 2.24) is 0 Å². The molecule has 0 amide bonds. The molecule has 0 fully saturated rings. The Hall–Kier alpha value is -3.85. The number of carboxylic acid groups (broad SMARTS) is 1. The Balaban J connectivity index is 1.77. The summed E-state index contributed by atoms with van der Waals surface area (Å²) in [7, 11) is 0. The number of aliphatic carboxylic acids is 1. The molecule has 3 nitrogen and oxygen atoms in total. The molecule has 0 radical (unpaired) electrons. The molecule has 0 aliphatic carbocycles. The van der Waals surface area contributed by atoms with E-state index in [1.54, 1.807) is 12.1 Å². The first-order chi connectivity index (χ1) is 14.4. The Morgan fingerprint density at radius 1 is 0.800 bits per heavy atom. The third-order valence-electron chi connectivity index (χ3n) is 4.58. The van der Waals surface area contributed by atoms with Crippen molar-refractivity contribution in [3.63, 3.8) is 0 Å². The van der Waals surface area contributed by atoms with E-state index >= 15 is 0 Å². The second-order valence-corrected chi connectivity index (χ2v) is 7.24. The Labute approximate surface area is 177 Å². The fourth-order valence-corrected chi connectivity index (χ4v) is 3.00. The third-order valence-corrected chi connectivity index (χ3v) is 4.58. The molecule has 150 valence electrons. The van der Waals surface area contributed by atoms with Gasteiger partial charge in [0, 0.05) is 17.6 Å². The van der Waals surface area contributed by atoms with Crippen LogP contribution in [0.25, 0.3) is 17.7 Å². The monoisotopic (exact) mass is 395 g/mol. The van der Waals surface area contributed by atoms with Crippen LogP contribution in [0.3, 0.4) is 0 Å². The first kappa shape index (κ1) is 20.9. The number of carboxylic acids is 1. The number of nitrogens with zero attached hydrogens (tertiary/aromatic N) is 1. The van der Waals surface area contributed by atoms with Gasteiger partial charge in [0.1, 0.15) is 0 Å². The zero-order valence-electron chi connectivity index (χ0n) is 17.2. The Kier molecular flexibility index (Phi) is 6.66. The van der Waals surface area contributed by atoms with Gasteiger partial charge in [-0.05, 0) is 54.8 Å². The predicted octanol–water partition coefficient (Wildman–Crippen LogP) is 7.02. The number of carbonyl (C=O) groups is 1. The topological polar surface area (TPSA) is 40.5 Å².